The highest BCUT2D eigenvalue weighted by Gasteiger charge is 2.54. The molecule has 5 nitrogen and oxygen atoms in total. The summed E-state index contributed by atoms with van der Waals surface area (Å²) >= 11 is 6.05. The first-order valence-corrected chi connectivity index (χ1v) is 8.59. The maximum Gasteiger partial charge on any atom is 0.325 e. The molecule has 3 amide bonds. The summed E-state index contributed by atoms with van der Waals surface area (Å²) in [6.45, 7) is 0.375. The second-order valence-electron chi connectivity index (χ2n) is 6.23. The fourth-order valence-electron chi connectivity index (χ4n) is 3.60. The molecule has 1 spiro atoms. The number of nitrogens with zero attached hydrogens (tertiary/aromatic N) is 1. The van der Waals surface area contributed by atoms with Crippen molar-refractivity contribution in [3.63, 3.8) is 0 Å². The number of hydrogen-bond acceptors (Lipinski definition) is 3. The summed E-state index contributed by atoms with van der Waals surface area (Å²) in [6, 6.07) is 14.5. The molecular weight excluding hydrogens is 340 g/mol. The third-order valence-electron chi connectivity index (χ3n) is 4.83. The van der Waals surface area contributed by atoms with Crippen LogP contribution in [-0.4, -0.2) is 30.0 Å². The van der Waals surface area contributed by atoms with E-state index >= 15 is 0 Å². The number of carbonyl (C=O) groups excluding carboxylic acids is 2. The molecule has 0 saturated carbocycles. The van der Waals surface area contributed by atoms with Crippen LogP contribution < -0.4 is 10.1 Å². The fraction of sp³-hybridized carbons (Fsp3) is 0.263. The van der Waals surface area contributed by atoms with Crippen LogP contribution in [0.2, 0.25) is 5.02 Å². The Hall–Kier alpha value is -2.53. The van der Waals surface area contributed by atoms with Crippen LogP contribution in [0.4, 0.5) is 4.79 Å². The number of nitrogens with one attached hydrogen (secondary N) is 1. The highest BCUT2D eigenvalue weighted by atomic mass is 35.5. The zero-order valence-electron chi connectivity index (χ0n) is 13.5. The van der Waals surface area contributed by atoms with Crippen molar-refractivity contribution in [1.29, 1.82) is 0 Å². The largest absolute Gasteiger partial charge is 0.490 e. The van der Waals surface area contributed by atoms with Gasteiger partial charge in [-0.05, 0) is 36.1 Å². The van der Waals surface area contributed by atoms with Crippen LogP contribution in [0.15, 0.2) is 48.5 Å². The van der Waals surface area contributed by atoms with Gasteiger partial charge in [0.05, 0.1) is 11.6 Å². The van der Waals surface area contributed by atoms with Crippen LogP contribution in [0.1, 0.15) is 17.5 Å². The molecule has 0 radical (unpaired) electrons. The minimum Gasteiger partial charge on any atom is -0.490 e. The first-order valence-electron chi connectivity index (χ1n) is 8.22. The molecule has 0 bridgehead atoms. The van der Waals surface area contributed by atoms with E-state index in [4.69, 9.17) is 16.3 Å². The highest BCUT2D eigenvalue weighted by molar-refractivity contribution is 6.32. The molecule has 0 unspecified atom stereocenters. The third kappa shape index (κ3) is 2.55. The van der Waals surface area contributed by atoms with Gasteiger partial charge in [-0.2, -0.15) is 0 Å². The number of ether oxygens (including phenoxy) is 1. The lowest BCUT2D eigenvalue weighted by molar-refractivity contribution is -0.131. The zero-order chi connectivity index (χ0) is 17.4. The molecule has 1 saturated heterocycles. The number of halogens is 1. The maximum atomic E-state index is 13.0. The summed E-state index contributed by atoms with van der Waals surface area (Å²) < 4.78 is 5.61. The van der Waals surface area contributed by atoms with Gasteiger partial charge in [0.1, 0.15) is 17.9 Å². The number of imide groups is 1. The number of urea groups is 1. The van der Waals surface area contributed by atoms with Crippen molar-refractivity contribution in [2.24, 2.45) is 0 Å². The molecule has 6 heteroatoms. The molecule has 128 valence electrons. The predicted octanol–water partition coefficient (Wildman–Crippen LogP) is 3.11. The summed E-state index contributed by atoms with van der Waals surface area (Å²) in [5.74, 6) is 0.336. The number of fused-ring (bicyclic) bond motifs is 2. The van der Waals surface area contributed by atoms with E-state index in [2.05, 4.69) is 5.32 Å². The minimum absolute atomic E-state index is 0.180. The van der Waals surface area contributed by atoms with Crippen molar-refractivity contribution in [3.8, 4) is 5.75 Å². The number of aryl methyl sites for hydroxylation is 1. The molecule has 1 heterocycles. The van der Waals surface area contributed by atoms with Crippen LogP contribution in [0.5, 0.6) is 5.75 Å². The van der Waals surface area contributed by atoms with Gasteiger partial charge < -0.3 is 10.1 Å². The maximum absolute atomic E-state index is 13.0. The van der Waals surface area contributed by atoms with Crippen LogP contribution in [-0.2, 0) is 16.8 Å². The average Bonchev–Trinajstić information content (AvgIpc) is 3.10. The Morgan fingerprint density at radius 2 is 1.88 bits per heavy atom. The molecule has 2 aromatic rings. The van der Waals surface area contributed by atoms with Gasteiger partial charge >= 0.3 is 6.03 Å². The Kier molecular flexibility index (Phi) is 3.88. The van der Waals surface area contributed by atoms with Gasteiger partial charge in [0.2, 0.25) is 0 Å². The molecule has 1 aliphatic carbocycles. The predicted molar refractivity (Wildman–Crippen MR) is 93.6 cm³/mol. The second kappa shape index (κ2) is 6.08. The SMILES string of the molecule is O=C1N[C@@]2(CCc3ccccc32)C(=O)N1CCOc1ccccc1Cl. The van der Waals surface area contributed by atoms with Crippen LogP contribution in [0, 0.1) is 0 Å². The molecule has 2 aliphatic rings. The van der Waals surface area contributed by atoms with Gasteiger partial charge in [-0.15, -0.1) is 0 Å². The first-order chi connectivity index (χ1) is 12.1. The number of rotatable bonds is 4. The van der Waals surface area contributed by atoms with Gasteiger partial charge in [-0.3, -0.25) is 9.69 Å². The first kappa shape index (κ1) is 16.0. The van der Waals surface area contributed by atoms with E-state index in [1.807, 2.05) is 36.4 Å². The van der Waals surface area contributed by atoms with Crippen molar-refractivity contribution in [3.05, 3.63) is 64.7 Å². The molecule has 1 aliphatic heterocycles. The highest BCUT2D eigenvalue weighted by Crippen LogP contribution is 2.41. The summed E-state index contributed by atoms with van der Waals surface area (Å²) in [4.78, 5) is 26.6. The van der Waals surface area contributed by atoms with Crippen LogP contribution in [0.3, 0.4) is 0 Å². The molecule has 1 fully saturated rings. The van der Waals surface area contributed by atoms with Crippen molar-refractivity contribution >= 4 is 23.5 Å². The Labute approximate surface area is 150 Å². The molecule has 4 rings (SSSR count). The Morgan fingerprint density at radius 3 is 2.72 bits per heavy atom. The van der Waals surface area contributed by atoms with Gasteiger partial charge in [0.25, 0.3) is 5.91 Å². The summed E-state index contributed by atoms with van der Waals surface area (Å²) in [5.41, 5.74) is 1.10. The minimum atomic E-state index is -0.919. The Balaban J connectivity index is 1.49. The van der Waals surface area contributed by atoms with E-state index in [0.29, 0.717) is 17.2 Å². The molecule has 2 aromatic carbocycles. The fourth-order valence-corrected chi connectivity index (χ4v) is 3.79. The van der Waals surface area contributed by atoms with E-state index in [1.54, 1.807) is 12.1 Å². The van der Waals surface area contributed by atoms with Crippen LogP contribution >= 0.6 is 11.6 Å². The number of hydrogen-bond donors (Lipinski definition) is 1. The molecule has 1 atom stereocenters. The smallest absolute Gasteiger partial charge is 0.325 e. The Bertz CT molecular complexity index is 854. The lowest BCUT2D eigenvalue weighted by Crippen LogP contribution is -2.42. The monoisotopic (exact) mass is 356 g/mol. The molecule has 25 heavy (non-hydrogen) atoms. The van der Waals surface area contributed by atoms with Crippen LogP contribution in [0.25, 0.3) is 0 Å². The average molecular weight is 357 g/mol. The van der Waals surface area contributed by atoms with Crippen molar-refractivity contribution in [2.45, 2.75) is 18.4 Å². The lowest BCUT2D eigenvalue weighted by Gasteiger charge is -2.22. The third-order valence-corrected chi connectivity index (χ3v) is 5.14. The van der Waals surface area contributed by atoms with E-state index < -0.39 is 5.54 Å². The number of para-hydroxylation sites is 1. The summed E-state index contributed by atoms with van der Waals surface area (Å²) in [6.07, 6.45) is 1.38. The molecular formula is C19H17ClN2O3. The topological polar surface area (TPSA) is 58.6 Å². The molecule has 0 aromatic heterocycles. The van der Waals surface area contributed by atoms with E-state index in [9.17, 15) is 9.59 Å². The van der Waals surface area contributed by atoms with E-state index in [0.717, 1.165) is 17.5 Å². The van der Waals surface area contributed by atoms with Gasteiger partial charge in [-0.1, -0.05) is 48.0 Å². The van der Waals surface area contributed by atoms with Crippen molar-refractivity contribution in [2.75, 3.05) is 13.2 Å². The molecule has 1 N–H and O–H groups in total. The quantitative estimate of drug-likeness (QED) is 0.856. The van der Waals surface area contributed by atoms with Gasteiger partial charge in [-0.25, -0.2) is 4.79 Å². The number of benzene rings is 2. The van der Waals surface area contributed by atoms with E-state index in [1.165, 1.54) is 4.90 Å². The van der Waals surface area contributed by atoms with Crippen molar-refractivity contribution < 1.29 is 14.3 Å². The summed E-state index contributed by atoms with van der Waals surface area (Å²) in [7, 11) is 0. The standard InChI is InChI=1S/C19H17ClN2O3/c20-15-7-3-4-8-16(15)25-12-11-22-17(23)19(21-18(22)24)10-9-13-5-1-2-6-14(13)19/h1-8H,9-12H2,(H,21,24)/t19-/m1/s1. The zero-order valence-corrected chi connectivity index (χ0v) is 14.3. The number of amides is 3. The Morgan fingerprint density at radius 1 is 1.12 bits per heavy atom. The van der Waals surface area contributed by atoms with Crippen molar-refractivity contribution in [1.82, 2.24) is 10.2 Å². The van der Waals surface area contributed by atoms with E-state index in [-0.39, 0.29) is 25.1 Å². The van der Waals surface area contributed by atoms with Gasteiger partial charge in [0.15, 0.2) is 0 Å². The van der Waals surface area contributed by atoms with Gasteiger partial charge in [0, 0.05) is 0 Å². The second-order valence-corrected chi connectivity index (χ2v) is 6.64. The number of carbonyl (C=O) groups is 2. The normalized spacial score (nSPS) is 21.6. The lowest BCUT2D eigenvalue weighted by atomic mass is 9.92. The summed E-state index contributed by atoms with van der Waals surface area (Å²) in [5, 5.41) is 3.40.